The van der Waals surface area contributed by atoms with Crippen molar-refractivity contribution in [3.8, 4) is 0 Å². The van der Waals surface area contributed by atoms with Crippen molar-refractivity contribution in [2.24, 2.45) is 5.92 Å². The number of aromatic nitrogens is 1. The minimum absolute atomic E-state index is 0.0671. The van der Waals surface area contributed by atoms with E-state index in [-0.39, 0.29) is 18.2 Å². The van der Waals surface area contributed by atoms with Crippen molar-refractivity contribution >= 4 is 11.8 Å². The van der Waals surface area contributed by atoms with E-state index in [1.54, 1.807) is 6.20 Å². The normalized spacial score (nSPS) is 27.1. The molecule has 3 aliphatic heterocycles. The minimum atomic E-state index is -0.356. The zero-order valence-corrected chi connectivity index (χ0v) is 15.1. The van der Waals surface area contributed by atoms with Gasteiger partial charge in [0.15, 0.2) is 0 Å². The van der Waals surface area contributed by atoms with E-state index in [0.29, 0.717) is 5.92 Å². The summed E-state index contributed by atoms with van der Waals surface area (Å²) in [4.78, 5) is 19.2. The van der Waals surface area contributed by atoms with E-state index in [1.807, 2.05) is 43.5 Å². The number of ether oxygens (including phenoxy) is 1. The molecular weight excluding hydrogens is 326 g/mol. The monoisotopic (exact) mass is 351 g/mol. The number of rotatable bonds is 4. The van der Waals surface area contributed by atoms with Gasteiger partial charge in [-0.2, -0.15) is 0 Å². The van der Waals surface area contributed by atoms with Crippen LogP contribution in [0.2, 0.25) is 0 Å². The summed E-state index contributed by atoms with van der Waals surface area (Å²) in [5, 5.41) is 2.88. The average Bonchev–Trinajstić information content (AvgIpc) is 2.65. The summed E-state index contributed by atoms with van der Waals surface area (Å²) in [7, 11) is 0. The maximum atomic E-state index is 12.5. The average molecular weight is 351 g/mol. The van der Waals surface area contributed by atoms with Gasteiger partial charge < -0.3 is 4.74 Å². The van der Waals surface area contributed by atoms with Crippen LogP contribution < -0.4 is 5.32 Å². The zero-order chi connectivity index (χ0) is 17.9. The Bertz CT molecular complexity index is 757. The lowest BCUT2D eigenvalue weighted by Crippen LogP contribution is -2.60. The molecule has 0 radical (unpaired) electrons. The molecule has 1 N–H and O–H groups in total. The van der Waals surface area contributed by atoms with E-state index in [0.717, 1.165) is 43.6 Å². The molecule has 5 rings (SSSR count). The van der Waals surface area contributed by atoms with Crippen LogP contribution in [0.3, 0.4) is 0 Å². The summed E-state index contributed by atoms with van der Waals surface area (Å²) in [6.45, 7) is 4.19. The lowest BCUT2D eigenvalue weighted by molar-refractivity contribution is -0.0741. The topological polar surface area (TPSA) is 54.5 Å². The van der Waals surface area contributed by atoms with E-state index in [2.05, 4.69) is 21.3 Å². The fraction of sp³-hybridized carbons (Fsp3) is 0.429. The molecule has 4 heterocycles. The first-order valence-electron chi connectivity index (χ1n) is 9.36. The first-order valence-corrected chi connectivity index (χ1v) is 9.36. The third-order valence-electron chi connectivity index (χ3n) is 5.56. The molecular formula is C21H25N3O2. The number of nitrogens with zero attached hydrogens (tertiary/aromatic N) is 2. The first kappa shape index (κ1) is 17.0. The van der Waals surface area contributed by atoms with Crippen LogP contribution in [0.25, 0.3) is 0 Å². The molecule has 26 heavy (non-hydrogen) atoms. The van der Waals surface area contributed by atoms with Crippen LogP contribution in [-0.2, 0) is 11.2 Å². The summed E-state index contributed by atoms with van der Waals surface area (Å²) in [5.41, 5.74) is 3.08. The van der Waals surface area contributed by atoms with Gasteiger partial charge in [0.2, 0.25) is 0 Å². The molecule has 0 unspecified atom stereocenters. The van der Waals surface area contributed by atoms with Crippen LogP contribution >= 0.6 is 0 Å². The molecule has 1 aromatic carbocycles. The fourth-order valence-corrected chi connectivity index (χ4v) is 4.28. The van der Waals surface area contributed by atoms with Gasteiger partial charge >= 0.3 is 6.09 Å². The zero-order valence-electron chi connectivity index (χ0n) is 15.1. The minimum Gasteiger partial charge on any atom is -0.444 e. The van der Waals surface area contributed by atoms with Gasteiger partial charge in [-0.05, 0) is 68.6 Å². The molecule has 2 aromatic rings. The molecule has 0 spiro atoms. The quantitative estimate of drug-likeness (QED) is 0.914. The van der Waals surface area contributed by atoms with Gasteiger partial charge in [-0.25, -0.2) is 4.79 Å². The highest BCUT2D eigenvalue weighted by Gasteiger charge is 2.44. The molecule has 0 saturated carbocycles. The van der Waals surface area contributed by atoms with Crippen LogP contribution in [0.5, 0.6) is 0 Å². The predicted octanol–water partition coefficient (Wildman–Crippen LogP) is 3.64. The number of hydrogen-bond acceptors (Lipinski definition) is 4. The summed E-state index contributed by atoms with van der Waals surface area (Å²) >= 11 is 0. The van der Waals surface area contributed by atoms with Crippen molar-refractivity contribution in [1.29, 1.82) is 0 Å². The Hall–Kier alpha value is -2.40. The van der Waals surface area contributed by atoms with Crippen molar-refractivity contribution < 1.29 is 9.53 Å². The van der Waals surface area contributed by atoms with Crippen LogP contribution in [0.1, 0.15) is 24.0 Å². The lowest BCUT2D eigenvalue weighted by atomic mass is 9.78. The number of anilines is 1. The lowest BCUT2D eigenvalue weighted by Gasteiger charge is -2.50. The fourth-order valence-electron chi connectivity index (χ4n) is 4.28. The Kier molecular flexibility index (Phi) is 4.89. The van der Waals surface area contributed by atoms with Gasteiger partial charge in [-0.15, -0.1) is 0 Å². The van der Waals surface area contributed by atoms with Crippen molar-refractivity contribution in [2.45, 2.75) is 38.3 Å². The smallest absolute Gasteiger partial charge is 0.411 e. The van der Waals surface area contributed by atoms with Crippen molar-refractivity contribution in [3.63, 3.8) is 0 Å². The van der Waals surface area contributed by atoms with Crippen LogP contribution in [0.15, 0.2) is 48.8 Å². The highest BCUT2D eigenvalue weighted by molar-refractivity contribution is 5.84. The third-order valence-corrected chi connectivity index (χ3v) is 5.56. The number of aryl methyl sites for hydroxylation is 1. The number of piperidine rings is 3. The van der Waals surface area contributed by atoms with E-state index >= 15 is 0 Å². The van der Waals surface area contributed by atoms with E-state index < -0.39 is 0 Å². The van der Waals surface area contributed by atoms with Crippen LogP contribution in [0.4, 0.5) is 10.5 Å². The predicted molar refractivity (Wildman–Crippen MR) is 101 cm³/mol. The van der Waals surface area contributed by atoms with Crippen LogP contribution in [-0.4, -0.2) is 41.2 Å². The van der Waals surface area contributed by atoms with Gasteiger partial charge in [0.25, 0.3) is 0 Å². The Morgan fingerprint density at radius 2 is 2.12 bits per heavy atom. The van der Waals surface area contributed by atoms with Crippen molar-refractivity contribution in [2.75, 3.05) is 18.4 Å². The molecule has 5 nitrogen and oxygen atoms in total. The second-order valence-electron chi connectivity index (χ2n) is 7.37. The van der Waals surface area contributed by atoms with E-state index in [1.165, 1.54) is 5.56 Å². The Morgan fingerprint density at radius 3 is 2.85 bits per heavy atom. The van der Waals surface area contributed by atoms with Crippen LogP contribution in [0, 0.1) is 12.8 Å². The van der Waals surface area contributed by atoms with Gasteiger partial charge in [0.05, 0.1) is 6.04 Å². The second kappa shape index (κ2) is 7.46. The highest BCUT2D eigenvalue weighted by Crippen LogP contribution is 2.36. The second-order valence-corrected chi connectivity index (χ2v) is 7.37. The molecule has 3 fully saturated rings. The molecule has 3 aliphatic rings. The molecule has 136 valence electrons. The first-order chi connectivity index (χ1) is 12.7. The Morgan fingerprint density at radius 1 is 1.27 bits per heavy atom. The van der Waals surface area contributed by atoms with E-state index in [9.17, 15) is 4.79 Å². The number of amides is 1. The number of benzene rings is 1. The Balaban J connectivity index is 1.46. The molecule has 5 heteroatoms. The largest absolute Gasteiger partial charge is 0.444 e. The number of hydrogen-bond donors (Lipinski definition) is 1. The third kappa shape index (κ3) is 3.73. The van der Waals surface area contributed by atoms with Crippen molar-refractivity contribution in [1.82, 2.24) is 9.88 Å². The van der Waals surface area contributed by atoms with Gasteiger partial charge in [-0.3, -0.25) is 15.2 Å². The van der Waals surface area contributed by atoms with Gasteiger partial charge in [0.1, 0.15) is 6.10 Å². The maximum Gasteiger partial charge on any atom is 0.411 e. The molecule has 2 bridgehead atoms. The molecule has 3 saturated heterocycles. The molecule has 1 aromatic heterocycles. The molecule has 1 amide bonds. The molecule has 2 atom stereocenters. The Labute approximate surface area is 154 Å². The number of carbonyl (C=O) groups is 1. The maximum absolute atomic E-state index is 12.5. The molecule has 0 aliphatic carbocycles. The highest BCUT2D eigenvalue weighted by atomic mass is 16.6. The number of nitrogens with one attached hydrogen (secondary N) is 1. The van der Waals surface area contributed by atoms with Gasteiger partial charge in [0, 0.05) is 24.0 Å². The summed E-state index contributed by atoms with van der Waals surface area (Å²) in [5.74, 6) is 0.449. The SMILES string of the molecule is Cc1cccc(NC(=O)O[C@H]2C3CCN(CC3)[C@H]2Cc2cccnc2)c1. The summed E-state index contributed by atoms with van der Waals surface area (Å²) < 4.78 is 5.94. The number of fused-ring (bicyclic) bond motifs is 3. The van der Waals surface area contributed by atoms with Crippen molar-refractivity contribution in [3.05, 3.63) is 59.9 Å². The van der Waals surface area contributed by atoms with Gasteiger partial charge in [-0.1, -0.05) is 18.2 Å². The number of carbonyl (C=O) groups excluding carboxylic acids is 1. The number of pyridine rings is 1. The van der Waals surface area contributed by atoms with E-state index in [4.69, 9.17) is 4.74 Å². The summed E-state index contributed by atoms with van der Waals surface area (Å²) in [6, 6.07) is 12.1. The summed E-state index contributed by atoms with van der Waals surface area (Å²) in [6.07, 6.45) is 6.35. The standard InChI is InChI=1S/C21H25N3O2/c1-15-4-2-6-18(12-15)23-21(25)26-20-17-7-10-24(11-8-17)19(20)13-16-5-3-9-22-14-16/h2-6,9,12,14,17,19-20H,7-8,10-11,13H2,1H3,(H,23,25)/t19-,20-/m0/s1.